The molecule has 1 aromatic rings. The lowest BCUT2D eigenvalue weighted by molar-refractivity contribution is -0.295. The third-order valence-electron chi connectivity index (χ3n) is 10.7. The number of hydrogen-bond acceptors (Lipinski definition) is 13. The highest BCUT2D eigenvalue weighted by Gasteiger charge is 2.51. The average molecular weight is 705 g/mol. The Balaban J connectivity index is 2.21. The fraction of sp³-hybridized carbons (Fsp3) is 0.757. The Morgan fingerprint density at radius 1 is 1.10 bits per heavy atom. The van der Waals surface area contributed by atoms with E-state index < -0.39 is 77.3 Å². The van der Waals surface area contributed by atoms with Crippen LogP contribution in [0.3, 0.4) is 0 Å². The molecule has 13 nitrogen and oxygen atoms in total. The van der Waals surface area contributed by atoms with Gasteiger partial charge in [-0.2, -0.15) is 10.2 Å². The van der Waals surface area contributed by atoms with Gasteiger partial charge in [0.2, 0.25) is 0 Å². The van der Waals surface area contributed by atoms with Gasteiger partial charge in [0.25, 0.3) is 0 Å². The van der Waals surface area contributed by atoms with Crippen LogP contribution in [0.4, 0.5) is 0 Å². The molecule has 2 aliphatic rings. The highest BCUT2D eigenvalue weighted by Crippen LogP contribution is 2.38. The van der Waals surface area contributed by atoms with E-state index >= 15 is 0 Å². The van der Waals surface area contributed by atoms with Crippen molar-refractivity contribution in [3.63, 3.8) is 0 Å². The summed E-state index contributed by atoms with van der Waals surface area (Å²) in [6.45, 7) is 15.4. The fourth-order valence-corrected chi connectivity index (χ4v) is 7.39. The molecule has 0 saturated carbocycles. The van der Waals surface area contributed by atoms with Gasteiger partial charge in [0.05, 0.1) is 35.3 Å². The van der Waals surface area contributed by atoms with Gasteiger partial charge in [-0.3, -0.25) is 14.6 Å². The van der Waals surface area contributed by atoms with Gasteiger partial charge in [-0.25, -0.2) is 0 Å². The van der Waals surface area contributed by atoms with E-state index in [1.54, 1.807) is 46.9 Å². The zero-order valence-electron chi connectivity index (χ0n) is 31.9. The van der Waals surface area contributed by atoms with E-state index in [-0.39, 0.29) is 25.0 Å². The lowest BCUT2D eigenvalue weighted by Crippen LogP contribution is -2.60. The molecule has 0 amide bonds. The smallest absolute Gasteiger partial charge is 0.316 e. The minimum Gasteiger partial charge on any atom is -0.459 e. The Morgan fingerprint density at radius 3 is 2.32 bits per heavy atom. The second-order valence-electron chi connectivity index (χ2n) is 14.9. The molecule has 2 fully saturated rings. The van der Waals surface area contributed by atoms with Crippen LogP contribution in [-0.4, -0.2) is 124 Å². The van der Waals surface area contributed by atoms with Crippen molar-refractivity contribution in [1.29, 1.82) is 0 Å². The Bertz CT molecular complexity index is 1360. The van der Waals surface area contributed by atoms with Crippen LogP contribution in [0.2, 0.25) is 0 Å². The van der Waals surface area contributed by atoms with E-state index in [0.29, 0.717) is 23.5 Å². The van der Waals surface area contributed by atoms with Crippen molar-refractivity contribution in [1.82, 2.24) is 9.88 Å². The maximum absolute atomic E-state index is 14.1. The van der Waals surface area contributed by atoms with Crippen LogP contribution in [0, 0.1) is 23.7 Å². The predicted molar refractivity (Wildman–Crippen MR) is 190 cm³/mol. The summed E-state index contributed by atoms with van der Waals surface area (Å²) >= 11 is 0. The number of hydrogen-bond donors (Lipinski definition) is 3. The monoisotopic (exact) mass is 704 g/mol. The molecule has 0 aromatic carbocycles. The van der Waals surface area contributed by atoms with Gasteiger partial charge in [-0.15, -0.1) is 0 Å². The van der Waals surface area contributed by atoms with Crippen molar-refractivity contribution in [3.05, 3.63) is 30.1 Å². The number of esters is 1. The molecule has 282 valence electrons. The lowest BCUT2D eigenvalue weighted by Gasteiger charge is -2.47. The van der Waals surface area contributed by atoms with Gasteiger partial charge in [0.1, 0.15) is 23.7 Å². The maximum Gasteiger partial charge on any atom is 0.316 e. The van der Waals surface area contributed by atoms with Crippen molar-refractivity contribution in [2.45, 2.75) is 136 Å². The lowest BCUT2D eigenvalue weighted by atomic mass is 9.74. The summed E-state index contributed by atoms with van der Waals surface area (Å²) in [6, 6.07) is 5.19. The van der Waals surface area contributed by atoms with Gasteiger partial charge in [-0.1, -0.05) is 33.8 Å². The highest BCUT2D eigenvalue weighted by molar-refractivity contribution is 6.00. The normalized spacial score (nSPS) is 40.8. The number of ether oxygens (including phenoxy) is 4. The molecule has 0 spiro atoms. The van der Waals surface area contributed by atoms with Crippen LogP contribution < -0.4 is 0 Å². The SMILES string of the molecule is CCC1OC(=O)C(C)C(=O)C(C)C(OC2OC(C)CC(N(C)C)C2O)C(C)(OC)CC(C)C(=NN=C(C)c2ccccn2)C(C)C(O)C1(C)O. The zero-order valence-corrected chi connectivity index (χ0v) is 31.9. The molecule has 2 aliphatic heterocycles. The van der Waals surface area contributed by atoms with Crippen LogP contribution in [0.5, 0.6) is 0 Å². The van der Waals surface area contributed by atoms with Crippen molar-refractivity contribution in [3.8, 4) is 0 Å². The van der Waals surface area contributed by atoms with E-state index in [4.69, 9.17) is 18.9 Å². The number of carbonyl (C=O) groups excluding carboxylic acids is 2. The first-order chi connectivity index (χ1) is 23.3. The van der Waals surface area contributed by atoms with Gasteiger partial charge in [0, 0.05) is 36.9 Å². The number of aromatic nitrogens is 1. The van der Waals surface area contributed by atoms with E-state index in [9.17, 15) is 24.9 Å². The fourth-order valence-electron chi connectivity index (χ4n) is 7.39. The number of aliphatic hydroxyl groups is 3. The van der Waals surface area contributed by atoms with Crippen molar-refractivity contribution >= 4 is 23.2 Å². The summed E-state index contributed by atoms with van der Waals surface area (Å²) in [5.41, 5.74) is -1.53. The topological polar surface area (TPSA) is 173 Å². The Labute approximate surface area is 297 Å². The zero-order chi connectivity index (χ0) is 37.7. The molecule has 1 aromatic heterocycles. The van der Waals surface area contributed by atoms with Gasteiger partial charge < -0.3 is 39.2 Å². The number of ketones is 1. The van der Waals surface area contributed by atoms with Crippen LogP contribution in [0.1, 0.15) is 87.3 Å². The largest absolute Gasteiger partial charge is 0.459 e. The molecular weight excluding hydrogens is 644 g/mol. The van der Waals surface area contributed by atoms with Crippen molar-refractivity contribution in [2.75, 3.05) is 21.2 Å². The average Bonchev–Trinajstić information content (AvgIpc) is 3.08. The number of cyclic esters (lactones) is 1. The molecule has 13 heteroatoms. The quantitative estimate of drug-likeness (QED) is 0.164. The molecule has 3 heterocycles. The van der Waals surface area contributed by atoms with E-state index in [2.05, 4.69) is 15.2 Å². The maximum atomic E-state index is 14.1. The highest BCUT2D eigenvalue weighted by atomic mass is 16.7. The summed E-state index contributed by atoms with van der Waals surface area (Å²) < 4.78 is 24.7. The molecule has 3 rings (SSSR count). The number of likely N-dealkylation sites (N-methyl/N-ethyl adjacent to an activating group) is 1. The van der Waals surface area contributed by atoms with Crippen LogP contribution in [-0.2, 0) is 28.5 Å². The minimum atomic E-state index is -1.91. The van der Waals surface area contributed by atoms with Crippen LogP contribution in [0.25, 0.3) is 0 Å². The molecule has 0 bridgehead atoms. The van der Waals surface area contributed by atoms with Gasteiger partial charge >= 0.3 is 5.97 Å². The summed E-state index contributed by atoms with van der Waals surface area (Å²) in [6.07, 6.45) is -3.36. The second kappa shape index (κ2) is 17.2. The number of methoxy groups -OCH3 is 1. The van der Waals surface area contributed by atoms with Gasteiger partial charge in [-0.05, 0) is 86.0 Å². The molecule has 0 aliphatic carbocycles. The van der Waals surface area contributed by atoms with Crippen molar-refractivity contribution < 1.29 is 43.9 Å². The van der Waals surface area contributed by atoms with Gasteiger partial charge in [0.15, 0.2) is 12.1 Å². The molecular formula is C37H60N4O9. The third kappa shape index (κ3) is 9.22. The van der Waals surface area contributed by atoms with Crippen LogP contribution in [0.15, 0.2) is 34.6 Å². The molecule has 3 N–H and O–H groups in total. The molecule has 50 heavy (non-hydrogen) atoms. The first-order valence-electron chi connectivity index (χ1n) is 17.7. The Kier molecular flexibility index (Phi) is 14.4. The first-order valence-corrected chi connectivity index (χ1v) is 17.7. The number of carbonyl (C=O) groups is 2. The van der Waals surface area contributed by atoms with E-state index in [0.717, 1.165) is 0 Å². The Morgan fingerprint density at radius 2 is 1.76 bits per heavy atom. The van der Waals surface area contributed by atoms with Crippen LogP contribution >= 0.6 is 0 Å². The molecule has 2 saturated heterocycles. The van der Waals surface area contributed by atoms with Crippen molar-refractivity contribution in [2.24, 2.45) is 33.9 Å². The molecule has 13 atom stereocenters. The number of pyridine rings is 1. The predicted octanol–water partition coefficient (Wildman–Crippen LogP) is 3.41. The second-order valence-corrected chi connectivity index (χ2v) is 14.9. The van der Waals surface area contributed by atoms with E-state index in [1.807, 2.05) is 45.0 Å². The summed E-state index contributed by atoms with van der Waals surface area (Å²) in [5.74, 6) is -4.71. The number of rotatable bonds is 7. The number of Topliss-reactive ketones (excluding diaryl/α,β-unsaturated/α-hetero) is 1. The summed E-state index contributed by atoms with van der Waals surface area (Å²) in [4.78, 5) is 33.9. The number of nitrogens with zero attached hydrogens (tertiary/aromatic N) is 4. The minimum absolute atomic E-state index is 0.174. The first kappa shape index (κ1) is 41.8. The van der Waals surface area contributed by atoms with E-state index in [1.165, 1.54) is 21.0 Å². The summed E-state index contributed by atoms with van der Waals surface area (Å²) in [7, 11) is 5.26. The summed E-state index contributed by atoms with van der Waals surface area (Å²) in [5, 5.41) is 44.1. The molecule has 13 unspecified atom stereocenters. The standard InChI is InChI=1S/C37H60N4O9/c1-13-28-37(9,46)32(44)22(4)29(40-39-25(7)26-16-14-15-17-38-26)20(2)19-36(8,47-12)33(23(5)30(42)24(6)34(45)49-28)50-35-31(43)27(41(10)11)18-21(3)48-35/h14-17,20-24,27-28,31-33,35,43-44,46H,13,18-19H2,1-12H3. The molecule has 0 radical (unpaired) electrons. The third-order valence-corrected chi connectivity index (χ3v) is 10.7. The number of aliphatic hydroxyl groups excluding tert-OH is 2. The Hall–Kier alpha value is -2.65.